The van der Waals surface area contributed by atoms with Crippen LogP contribution in [-0.2, 0) is 6.18 Å². The SMILES string of the molecule is O=C(c1cccc(C(F)(F)F)c1)N1CCC(Oc2cccnc2)CC1. The molecule has 1 fully saturated rings. The summed E-state index contributed by atoms with van der Waals surface area (Å²) in [6.45, 7) is 0.889. The largest absolute Gasteiger partial charge is 0.489 e. The van der Waals surface area contributed by atoms with Gasteiger partial charge < -0.3 is 9.64 Å². The van der Waals surface area contributed by atoms with Gasteiger partial charge in [-0.2, -0.15) is 13.2 Å². The summed E-state index contributed by atoms with van der Waals surface area (Å²) in [6.07, 6.45) is 0.0402. The Hall–Kier alpha value is -2.57. The van der Waals surface area contributed by atoms with Crippen molar-refractivity contribution >= 4 is 5.91 Å². The van der Waals surface area contributed by atoms with E-state index in [9.17, 15) is 18.0 Å². The minimum Gasteiger partial charge on any atom is -0.489 e. The van der Waals surface area contributed by atoms with Crippen LogP contribution in [0.5, 0.6) is 5.75 Å². The van der Waals surface area contributed by atoms with Crippen LogP contribution in [0.4, 0.5) is 13.2 Å². The zero-order valence-corrected chi connectivity index (χ0v) is 13.4. The molecule has 0 radical (unpaired) electrons. The van der Waals surface area contributed by atoms with Crippen molar-refractivity contribution in [1.82, 2.24) is 9.88 Å². The van der Waals surface area contributed by atoms with Crippen molar-refractivity contribution in [3.63, 3.8) is 0 Å². The molecule has 0 atom stereocenters. The van der Waals surface area contributed by atoms with Gasteiger partial charge in [0.25, 0.3) is 5.91 Å². The lowest BCUT2D eigenvalue weighted by Crippen LogP contribution is -2.41. The molecule has 3 rings (SSSR count). The molecular formula is C18H17F3N2O2. The predicted octanol–water partition coefficient (Wildman–Crippen LogP) is 3.78. The maximum atomic E-state index is 12.8. The van der Waals surface area contributed by atoms with Crippen LogP contribution in [0.25, 0.3) is 0 Å². The van der Waals surface area contributed by atoms with Gasteiger partial charge in [0.1, 0.15) is 11.9 Å². The van der Waals surface area contributed by atoms with E-state index in [1.54, 1.807) is 23.4 Å². The Balaban J connectivity index is 1.60. The molecule has 1 aromatic heterocycles. The number of carbonyl (C=O) groups is 1. The molecule has 1 aliphatic rings. The van der Waals surface area contributed by atoms with Crippen LogP contribution >= 0.6 is 0 Å². The summed E-state index contributed by atoms with van der Waals surface area (Å²) in [6, 6.07) is 8.13. The first-order chi connectivity index (χ1) is 11.9. The van der Waals surface area contributed by atoms with Gasteiger partial charge in [0.2, 0.25) is 0 Å². The van der Waals surface area contributed by atoms with Crippen molar-refractivity contribution in [3.8, 4) is 5.75 Å². The summed E-state index contributed by atoms with van der Waals surface area (Å²) < 4.78 is 44.2. The van der Waals surface area contributed by atoms with Crippen LogP contribution in [0.15, 0.2) is 48.8 Å². The number of nitrogens with zero attached hydrogens (tertiary/aromatic N) is 2. The maximum absolute atomic E-state index is 12.8. The predicted molar refractivity (Wildman–Crippen MR) is 85.2 cm³/mol. The average Bonchev–Trinajstić information content (AvgIpc) is 2.62. The number of halogens is 3. The van der Waals surface area contributed by atoms with Crippen LogP contribution in [0, 0.1) is 0 Å². The van der Waals surface area contributed by atoms with Crippen LogP contribution < -0.4 is 4.74 Å². The first kappa shape index (κ1) is 17.3. The molecule has 25 heavy (non-hydrogen) atoms. The van der Waals surface area contributed by atoms with Crippen LogP contribution in [0.3, 0.4) is 0 Å². The zero-order valence-electron chi connectivity index (χ0n) is 13.4. The van der Waals surface area contributed by atoms with Crippen molar-refractivity contribution < 1.29 is 22.7 Å². The Kier molecular flexibility index (Phi) is 4.92. The molecule has 4 nitrogen and oxygen atoms in total. The van der Waals surface area contributed by atoms with Crippen molar-refractivity contribution in [3.05, 3.63) is 59.9 Å². The molecule has 0 unspecified atom stereocenters. The second kappa shape index (κ2) is 7.13. The molecule has 1 aromatic carbocycles. The van der Waals surface area contributed by atoms with Gasteiger partial charge in [-0.1, -0.05) is 6.07 Å². The van der Waals surface area contributed by atoms with E-state index in [1.165, 1.54) is 12.1 Å². The van der Waals surface area contributed by atoms with Gasteiger partial charge in [-0.3, -0.25) is 9.78 Å². The molecular weight excluding hydrogens is 333 g/mol. The highest BCUT2D eigenvalue weighted by atomic mass is 19.4. The fraction of sp³-hybridized carbons (Fsp3) is 0.333. The van der Waals surface area contributed by atoms with E-state index in [4.69, 9.17) is 4.74 Å². The molecule has 132 valence electrons. The number of alkyl halides is 3. The highest BCUT2D eigenvalue weighted by Crippen LogP contribution is 2.30. The second-order valence-corrected chi connectivity index (χ2v) is 5.88. The van der Waals surface area contributed by atoms with Gasteiger partial charge in [0.05, 0.1) is 11.8 Å². The lowest BCUT2D eigenvalue weighted by molar-refractivity contribution is -0.137. The molecule has 0 aliphatic carbocycles. The number of likely N-dealkylation sites (tertiary alicyclic amines) is 1. The Labute approximate surface area is 143 Å². The number of piperidine rings is 1. The van der Waals surface area contributed by atoms with Crippen molar-refractivity contribution in [2.45, 2.75) is 25.1 Å². The van der Waals surface area contributed by atoms with E-state index in [2.05, 4.69) is 4.98 Å². The number of rotatable bonds is 3. The molecule has 0 bridgehead atoms. The number of carbonyl (C=O) groups excluding carboxylic acids is 1. The fourth-order valence-electron chi connectivity index (χ4n) is 2.80. The lowest BCUT2D eigenvalue weighted by atomic mass is 10.0. The standard InChI is InChI=1S/C18H17F3N2O2/c19-18(20,21)14-4-1-3-13(11-14)17(24)23-9-6-15(7-10-23)25-16-5-2-8-22-12-16/h1-5,8,11-12,15H,6-7,9-10H2. The highest BCUT2D eigenvalue weighted by Gasteiger charge is 2.32. The van der Waals surface area contributed by atoms with Crippen molar-refractivity contribution in [2.24, 2.45) is 0 Å². The molecule has 0 N–H and O–H groups in total. The third kappa shape index (κ3) is 4.29. The molecule has 2 aromatic rings. The number of benzene rings is 1. The first-order valence-electron chi connectivity index (χ1n) is 7.97. The number of amides is 1. The van der Waals surface area contributed by atoms with Gasteiger partial charge >= 0.3 is 6.18 Å². The third-order valence-corrected chi connectivity index (χ3v) is 4.10. The first-order valence-corrected chi connectivity index (χ1v) is 7.97. The Bertz CT molecular complexity index is 727. The maximum Gasteiger partial charge on any atom is 0.416 e. The van der Waals surface area contributed by atoms with E-state index in [0.29, 0.717) is 31.7 Å². The van der Waals surface area contributed by atoms with Gasteiger partial charge in [-0.05, 0) is 30.3 Å². The summed E-state index contributed by atoms with van der Waals surface area (Å²) in [5.74, 6) is 0.288. The Morgan fingerprint density at radius 2 is 1.92 bits per heavy atom. The third-order valence-electron chi connectivity index (χ3n) is 4.10. The molecule has 1 amide bonds. The van der Waals surface area contributed by atoms with Crippen LogP contribution in [0.1, 0.15) is 28.8 Å². The summed E-state index contributed by atoms with van der Waals surface area (Å²) in [4.78, 5) is 18.0. The monoisotopic (exact) mass is 350 g/mol. The second-order valence-electron chi connectivity index (χ2n) is 5.88. The van der Waals surface area contributed by atoms with E-state index in [0.717, 1.165) is 12.1 Å². The van der Waals surface area contributed by atoms with Crippen molar-refractivity contribution in [1.29, 1.82) is 0 Å². The number of aromatic nitrogens is 1. The van der Waals surface area contributed by atoms with Gasteiger partial charge in [0.15, 0.2) is 0 Å². The quantitative estimate of drug-likeness (QED) is 0.846. The number of ether oxygens (including phenoxy) is 1. The van der Waals surface area contributed by atoms with Gasteiger partial charge in [-0.25, -0.2) is 0 Å². The summed E-state index contributed by atoms with van der Waals surface area (Å²) in [5.41, 5.74) is -0.755. The summed E-state index contributed by atoms with van der Waals surface area (Å²) in [7, 11) is 0. The number of hydrogen-bond acceptors (Lipinski definition) is 3. The average molecular weight is 350 g/mol. The van der Waals surface area contributed by atoms with Crippen LogP contribution in [-0.4, -0.2) is 35.0 Å². The minimum absolute atomic E-state index is 0.0326. The smallest absolute Gasteiger partial charge is 0.416 e. The fourth-order valence-corrected chi connectivity index (χ4v) is 2.80. The normalized spacial score (nSPS) is 15.9. The summed E-state index contributed by atoms with van der Waals surface area (Å²) in [5, 5.41) is 0. The lowest BCUT2D eigenvalue weighted by Gasteiger charge is -2.32. The molecule has 1 aliphatic heterocycles. The molecule has 7 heteroatoms. The highest BCUT2D eigenvalue weighted by molar-refractivity contribution is 5.94. The molecule has 1 saturated heterocycles. The van der Waals surface area contributed by atoms with Gasteiger partial charge in [0, 0.05) is 37.7 Å². The molecule has 2 heterocycles. The van der Waals surface area contributed by atoms with Gasteiger partial charge in [-0.15, -0.1) is 0 Å². The Morgan fingerprint density at radius 3 is 2.56 bits per heavy atom. The number of pyridine rings is 1. The van der Waals surface area contributed by atoms with Crippen LogP contribution in [0.2, 0.25) is 0 Å². The van der Waals surface area contributed by atoms with E-state index in [-0.39, 0.29) is 17.6 Å². The van der Waals surface area contributed by atoms with Crippen molar-refractivity contribution in [2.75, 3.05) is 13.1 Å². The molecule has 0 spiro atoms. The summed E-state index contributed by atoms with van der Waals surface area (Å²) >= 11 is 0. The number of hydrogen-bond donors (Lipinski definition) is 0. The Morgan fingerprint density at radius 1 is 1.16 bits per heavy atom. The zero-order chi connectivity index (χ0) is 17.9. The topological polar surface area (TPSA) is 42.4 Å². The van der Waals surface area contributed by atoms with E-state index in [1.807, 2.05) is 6.07 Å². The van der Waals surface area contributed by atoms with E-state index >= 15 is 0 Å². The van der Waals surface area contributed by atoms with E-state index < -0.39 is 11.7 Å². The molecule has 0 saturated carbocycles. The minimum atomic E-state index is -4.46.